The Hall–Kier alpha value is -2.87. The molecule has 0 bridgehead atoms. The third-order valence-electron chi connectivity index (χ3n) is 3.79. The van der Waals surface area contributed by atoms with Crippen LogP contribution in [0.25, 0.3) is 5.70 Å². The van der Waals surface area contributed by atoms with Gasteiger partial charge in [-0.3, -0.25) is 4.99 Å². The highest BCUT2D eigenvalue weighted by atomic mass is 14.9. The first-order valence-corrected chi connectivity index (χ1v) is 7.76. The van der Waals surface area contributed by atoms with E-state index in [2.05, 4.69) is 42.2 Å². The van der Waals surface area contributed by atoms with E-state index in [4.69, 9.17) is 4.99 Å². The summed E-state index contributed by atoms with van der Waals surface area (Å²) in [5.74, 6) is 0. The monoisotopic (exact) mass is 300 g/mol. The van der Waals surface area contributed by atoms with Crippen molar-refractivity contribution < 1.29 is 0 Å². The zero-order valence-corrected chi connectivity index (χ0v) is 13.3. The van der Waals surface area contributed by atoms with Crippen molar-refractivity contribution in [2.45, 2.75) is 6.92 Å². The summed E-state index contributed by atoms with van der Waals surface area (Å²) in [6.07, 6.45) is 4.12. The Labute approximate surface area is 137 Å². The average Bonchev–Trinajstić information content (AvgIpc) is 2.62. The first kappa shape index (κ1) is 15.0. The van der Waals surface area contributed by atoms with Crippen molar-refractivity contribution in [3.05, 3.63) is 102 Å². The molecule has 0 saturated carbocycles. The van der Waals surface area contributed by atoms with Crippen LogP contribution in [0, 0.1) is 0 Å². The van der Waals surface area contributed by atoms with Crippen LogP contribution in [-0.4, -0.2) is 12.3 Å². The fourth-order valence-corrected chi connectivity index (χ4v) is 2.57. The number of hydrogen-bond acceptors (Lipinski definition) is 2. The van der Waals surface area contributed by atoms with Crippen molar-refractivity contribution in [3.63, 3.8) is 0 Å². The van der Waals surface area contributed by atoms with E-state index >= 15 is 0 Å². The van der Waals surface area contributed by atoms with Gasteiger partial charge in [-0.15, -0.1) is 0 Å². The molecule has 3 rings (SSSR count). The number of hydrogen-bond donors (Lipinski definition) is 1. The van der Waals surface area contributed by atoms with E-state index in [1.807, 2.05) is 49.4 Å². The average molecular weight is 300 g/mol. The summed E-state index contributed by atoms with van der Waals surface area (Å²) >= 11 is 0. The summed E-state index contributed by atoms with van der Waals surface area (Å²) in [4.78, 5) is 4.93. The van der Waals surface area contributed by atoms with E-state index in [0.29, 0.717) is 0 Å². The molecule has 0 atom stereocenters. The number of aliphatic imine (C=N–C) groups is 1. The molecule has 1 heterocycles. The predicted octanol–water partition coefficient (Wildman–Crippen LogP) is 4.58. The number of benzene rings is 2. The zero-order chi connectivity index (χ0) is 16.1. The molecule has 2 aromatic rings. The van der Waals surface area contributed by atoms with E-state index in [1.165, 1.54) is 0 Å². The van der Waals surface area contributed by atoms with Crippen LogP contribution in [0.1, 0.15) is 18.1 Å². The van der Waals surface area contributed by atoms with Gasteiger partial charge in [0.2, 0.25) is 0 Å². The zero-order valence-electron chi connectivity index (χ0n) is 13.3. The standard InChI is InChI=1S/C21H20N2/c1-16-10-9-15-22-20(16)21(19-13-7-4-8-14-19)23-17(2)18-11-5-3-6-12-18/h3-14,22H,1,15H2,2H3/b21-20+,23-17?. The lowest BCUT2D eigenvalue weighted by atomic mass is 10.0. The van der Waals surface area contributed by atoms with Crippen molar-refractivity contribution in [1.29, 1.82) is 0 Å². The molecule has 0 unspecified atom stereocenters. The second-order valence-corrected chi connectivity index (χ2v) is 5.46. The minimum absolute atomic E-state index is 0.796. The Kier molecular flexibility index (Phi) is 4.53. The summed E-state index contributed by atoms with van der Waals surface area (Å²) in [5.41, 5.74) is 6.08. The van der Waals surface area contributed by atoms with Crippen molar-refractivity contribution in [2.24, 2.45) is 4.99 Å². The third kappa shape index (κ3) is 3.49. The van der Waals surface area contributed by atoms with Crippen LogP contribution in [0.5, 0.6) is 0 Å². The Bertz CT molecular complexity index is 781. The van der Waals surface area contributed by atoms with Crippen LogP contribution >= 0.6 is 0 Å². The van der Waals surface area contributed by atoms with Crippen LogP contribution in [0.2, 0.25) is 0 Å². The maximum absolute atomic E-state index is 4.93. The van der Waals surface area contributed by atoms with E-state index in [1.54, 1.807) is 0 Å². The normalized spacial score (nSPS) is 16.9. The SMILES string of the molecule is C=C1C=CCN/C1=C(/N=C(C)c1ccccc1)c1ccccc1. The maximum atomic E-state index is 4.93. The van der Waals surface area contributed by atoms with Gasteiger partial charge in [-0.2, -0.15) is 0 Å². The van der Waals surface area contributed by atoms with Gasteiger partial charge in [-0.05, 0) is 18.1 Å². The lowest BCUT2D eigenvalue weighted by Gasteiger charge is -2.18. The number of allylic oxidation sites excluding steroid dienone is 1. The second kappa shape index (κ2) is 6.93. The molecular formula is C21H20N2. The molecule has 2 heteroatoms. The molecule has 2 aromatic carbocycles. The van der Waals surface area contributed by atoms with Crippen LogP contribution in [-0.2, 0) is 0 Å². The highest BCUT2D eigenvalue weighted by Crippen LogP contribution is 2.25. The van der Waals surface area contributed by atoms with Gasteiger partial charge >= 0.3 is 0 Å². The minimum Gasteiger partial charge on any atom is -0.379 e. The molecule has 1 N–H and O–H groups in total. The Balaban J connectivity index is 2.12. The molecule has 1 aliphatic rings. The van der Waals surface area contributed by atoms with Crippen molar-refractivity contribution >= 4 is 11.4 Å². The third-order valence-corrected chi connectivity index (χ3v) is 3.79. The number of rotatable bonds is 3. The van der Waals surface area contributed by atoms with Gasteiger partial charge in [0.05, 0.1) is 11.4 Å². The van der Waals surface area contributed by atoms with Gasteiger partial charge in [0.15, 0.2) is 0 Å². The Morgan fingerprint density at radius 3 is 2.17 bits per heavy atom. The molecule has 0 radical (unpaired) electrons. The molecule has 0 aromatic heterocycles. The van der Waals surface area contributed by atoms with E-state index < -0.39 is 0 Å². The Morgan fingerprint density at radius 2 is 1.57 bits per heavy atom. The molecule has 1 aliphatic heterocycles. The summed E-state index contributed by atoms with van der Waals surface area (Å²) in [6.45, 7) is 6.98. The largest absolute Gasteiger partial charge is 0.379 e. The molecule has 23 heavy (non-hydrogen) atoms. The fourth-order valence-electron chi connectivity index (χ4n) is 2.57. The molecule has 0 saturated heterocycles. The molecule has 0 fully saturated rings. The predicted molar refractivity (Wildman–Crippen MR) is 98.3 cm³/mol. The second-order valence-electron chi connectivity index (χ2n) is 5.46. The van der Waals surface area contributed by atoms with Crippen LogP contribution in [0.4, 0.5) is 0 Å². The van der Waals surface area contributed by atoms with Gasteiger partial charge in [-0.25, -0.2) is 0 Å². The lowest BCUT2D eigenvalue weighted by Crippen LogP contribution is -2.19. The molecule has 0 spiro atoms. The van der Waals surface area contributed by atoms with Crippen molar-refractivity contribution in [3.8, 4) is 0 Å². The van der Waals surface area contributed by atoms with E-state index in [-0.39, 0.29) is 0 Å². The smallest absolute Gasteiger partial charge is 0.0942 e. The molecule has 2 nitrogen and oxygen atoms in total. The summed E-state index contributed by atoms with van der Waals surface area (Å²) in [5, 5.41) is 3.41. The van der Waals surface area contributed by atoms with Crippen LogP contribution in [0.3, 0.4) is 0 Å². The van der Waals surface area contributed by atoms with Gasteiger partial charge in [0.1, 0.15) is 0 Å². The first-order valence-electron chi connectivity index (χ1n) is 7.76. The van der Waals surface area contributed by atoms with Crippen LogP contribution in [0.15, 0.2) is 95.7 Å². The summed E-state index contributed by atoms with van der Waals surface area (Å²) < 4.78 is 0. The summed E-state index contributed by atoms with van der Waals surface area (Å²) in [6, 6.07) is 20.5. The van der Waals surface area contributed by atoms with Crippen LogP contribution < -0.4 is 5.32 Å². The molecule has 0 amide bonds. The lowest BCUT2D eigenvalue weighted by molar-refractivity contribution is 0.902. The topological polar surface area (TPSA) is 24.4 Å². The van der Waals surface area contributed by atoms with Gasteiger partial charge < -0.3 is 5.32 Å². The molecule has 114 valence electrons. The number of nitrogens with one attached hydrogen (secondary N) is 1. The fraction of sp³-hybridized carbons (Fsp3) is 0.0952. The quantitative estimate of drug-likeness (QED) is 0.824. The number of nitrogens with zero attached hydrogens (tertiary/aromatic N) is 1. The highest BCUT2D eigenvalue weighted by Gasteiger charge is 2.13. The first-order chi connectivity index (χ1) is 11.3. The van der Waals surface area contributed by atoms with E-state index in [9.17, 15) is 0 Å². The molecular weight excluding hydrogens is 280 g/mol. The summed E-state index contributed by atoms with van der Waals surface area (Å²) in [7, 11) is 0. The van der Waals surface area contributed by atoms with Gasteiger partial charge in [0, 0.05) is 17.8 Å². The highest BCUT2D eigenvalue weighted by molar-refractivity contribution is 6.02. The minimum atomic E-state index is 0.796. The van der Waals surface area contributed by atoms with Crippen molar-refractivity contribution in [1.82, 2.24) is 5.32 Å². The Morgan fingerprint density at radius 1 is 0.957 bits per heavy atom. The van der Waals surface area contributed by atoms with Gasteiger partial charge in [0.25, 0.3) is 0 Å². The van der Waals surface area contributed by atoms with Gasteiger partial charge in [-0.1, -0.05) is 79.4 Å². The van der Waals surface area contributed by atoms with E-state index in [0.717, 1.165) is 40.4 Å². The maximum Gasteiger partial charge on any atom is 0.0942 e. The molecule has 0 aliphatic carbocycles. The van der Waals surface area contributed by atoms with Crippen molar-refractivity contribution in [2.75, 3.05) is 6.54 Å².